The molecule has 2 spiro atoms. The molecule has 10 aliphatic carbocycles. The zero-order chi connectivity index (χ0) is 20.2. The largest absolute Gasteiger partial charge is 0.151 e. The average Bonchev–Trinajstić information content (AvgIpc) is 3.53. The summed E-state index contributed by atoms with van der Waals surface area (Å²) in [5.74, 6) is 9.16. The first-order chi connectivity index (χ1) is 14.9. The van der Waals surface area contributed by atoms with Crippen molar-refractivity contribution in [3.63, 3.8) is 0 Å². The van der Waals surface area contributed by atoms with Gasteiger partial charge in [-0.25, -0.2) is 0 Å². The minimum Gasteiger partial charge on any atom is -0.151 e. The maximum absolute atomic E-state index is 4.70. The minimum atomic E-state index is 0.510. The van der Waals surface area contributed by atoms with E-state index in [0.29, 0.717) is 26.9 Å². The highest BCUT2D eigenvalue weighted by Gasteiger charge is 3.12. The molecule has 1 aliphatic heterocycles. The second-order valence-corrected chi connectivity index (χ2v) is 16.6. The predicted octanol–water partition coefficient (Wildman–Crippen LogP) is 6.65. The first kappa shape index (κ1) is 16.2. The molecule has 0 aromatic heterocycles. The SMILES string of the molecule is C=C1C(C)C=C2C3C4C5C6C(C7=C8C7CCC7CCC87CC7(C)SC8CC87)C65C4(C)C123. The van der Waals surface area contributed by atoms with E-state index in [2.05, 4.69) is 49.8 Å². The Kier molecular flexibility index (Phi) is 2.00. The minimum absolute atomic E-state index is 0.510. The zero-order valence-electron chi connectivity index (χ0n) is 19.2. The van der Waals surface area contributed by atoms with Crippen LogP contribution in [0.25, 0.3) is 0 Å². The van der Waals surface area contributed by atoms with Gasteiger partial charge in [-0.05, 0) is 102 Å². The van der Waals surface area contributed by atoms with Crippen LogP contribution >= 0.6 is 11.8 Å². The Morgan fingerprint density at radius 3 is 2.68 bits per heavy atom. The Hall–Kier alpha value is -0.430. The maximum atomic E-state index is 4.70. The summed E-state index contributed by atoms with van der Waals surface area (Å²) >= 11 is 2.39. The van der Waals surface area contributed by atoms with Crippen LogP contribution in [0.4, 0.5) is 0 Å². The van der Waals surface area contributed by atoms with Crippen LogP contribution in [-0.4, -0.2) is 10.00 Å². The lowest BCUT2D eigenvalue weighted by Crippen LogP contribution is -2.65. The van der Waals surface area contributed by atoms with Crippen LogP contribution in [0, 0.1) is 74.9 Å². The molecular weight excluding hydrogens is 392 g/mol. The summed E-state index contributed by atoms with van der Waals surface area (Å²) in [5, 5.41) is 1.07. The van der Waals surface area contributed by atoms with E-state index >= 15 is 0 Å². The van der Waals surface area contributed by atoms with Gasteiger partial charge in [-0.15, -0.1) is 0 Å². The summed E-state index contributed by atoms with van der Waals surface area (Å²) in [6.45, 7) is 12.5. The van der Waals surface area contributed by atoms with Gasteiger partial charge in [0.25, 0.3) is 0 Å². The molecular formula is C30H34S. The molecule has 1 saturated heterocycles. The van der Waals surface area contributed by atoms with Gasteiger partial charge in [0, 0.05) is 21.3 Å². The first-order valence-corrected chi connectivity index (χ1v) is 14.6. The summed E-state index contributed by atoms with van der Waals surface area (Å²) in [6.07, 6.45) is 12.0. The lowest BCUT2D eigenvalue weighted by Gasteiger charge is -2.67. The van der Waals surface area contributed by atoms with Crippen molar-refractivity contribution in [3.05, 3.63) is 34.9 Å². The lowest BCUT2D eigenvalue weighted by molar-refractivity contribution is -0.191. The molecule has 1 heteroatoms. The number of hydrogen-bond acceptors (Lipinski definition) is 1. The molecule has 11 rings (SSSR count). The van der Waals surface area contributed by atoms with Crippen LogP contribution in [0.3, 0.4) is 0 Å². The Balaban J connectivity index is 0.982. The number of allylic oxidation sites excluding steroid dienone is 5. The van der Waals surface area contributed by atoms with Gasteiger partial charge < -0.3 is 0 Å². The van der Waals surface area contributed by atoms with Gasteiger partial charge in [0.1, 0.15) is 0 Å². The maximum Gasteiger partial charge on any atom is 0.0258 e. The highest BCUT2D eigenvalue weighted by atomic mass is 32.2. The fraction of sp³-hybridized carbons (Fsp3) is 0.800. The van der Waals surface area contributed by atoms with Gasteiger partial charge in [-0.2, -0.15) is 11.8 Å². The Labute approximate surface area is 190 Å². The first-order valence-electron chi connectivity index (χ1n) is 13.7. The van der Waals surface area contributed by atoms with Crippen LogP contribution in [0.5, 0.6) is 0 Å². The Morgan fingerprint density at radius 2 is 1.97 bits per heavy atom. The van der Waals surface area contributed by atoms with E-state index in [9.17, 15) is 0 Å². The number of hydrogen-bond donors (Lipinski definition) is 0. The normalized spacial score (nSPS) is 76.4. The molecule has 1 heterocycles. The molecule has 0 bridgehead atoms. The van der Waals surface area contributed by atoms with E-state index in [-0.39, 0.29) is 0 Å². The summed E-state index contributed by atoms with van der Waals surface area (Å²) in [4.78, 5) is 0. The van der Waals surface area contributed by atoms with E-state index in [0.717, 1.165) is 58.0 Å². The number of rotatable bonds is 3. The molecule has 160 valence electrons. The van der Waals surface area contributed by atoms with Gasteiger partial charge in [0.2, 0.25) is 0 Å². The molecule has 0 aromatic carbocycles. The molecule has 0 amide bonds. The Morgan fingerprint density at radius 1 is 1.10 bits per heavy atom. The standard InChI is InChI=1S/C30H34S/c1-12-9-17-21-23-25-24-22(30(24,25)27(23,4)29(17,21)13(12)2)19-15-6-5-14-7-8-28(14,20(15)19)11-26(3)16-10-18(16)31-26/h9,12,14-16,18,21-25H,2,5-8,10-11H2,1,3-4H3. The summed E-state index contributed by atoms with van der Waals surface area (Å²) in [7, 11) is 0. The van der Waals surface area contributed by atoms with E-state index < -0.39 is 0 Å². The van der Waals surface area contributed by atoms with Crippen LogP contribution in [-0.2, 0) is 0 Å². The van der Waals surface area contributed by atoms with Gasteiger partial charge in [-0.3, -0.25) is 0 Å². The van der Waals surface area contributed by atoms with Crippen LogP contribution in [0.15, 0.2) is 34.9 Å². The van der Waals surface area contributed by atoms with Gasteiger partial charge in [0.05, 0.1) is 0 Å². The highest BCUT2D eigenvalue weighted by molar-refractivity contribution is 8.03. The third-order valence-corrected chi connectivity index (χ3v) is 16.7. The van der Waals surface area contributed by atoms with E-state index in [1.165, 1.54) is 0 Å². The van der Waals surface area contributed by atoms with Crippen LogP contribution < -0.4 is 0 Å². The molecule has 9 fully saturated rings. The van der Waals surface area contributed by atoms with Gasteiger partial charge in [-0.1, -0.05) is 55.7 Å². The molecule has 0 nitrogen and oxygen atoms in total. The van der Waals surface area contributed by atoms with Crippen LogP contribution in [0.2, 0.25) is 0 Å². The Bertz CT molecular complexity index is 1190. The quantitative estimate of drug-likeness (QED) is 0.455. The van der Waals surface area contributed by atoms with Crippen molar-refractivity contribution in [3.8, 4) is 0 Å². The topological polar surface area (TPSA) is 0 Å². The fourth-order valence-corrected chi connectivity index (χ4v) is 15.8. The van der Waals surface area contributed by atoms with E-state index in [1.54, 1.807) is 44.1 Å². The molecule has 0 radical (unpaired) electrons. The molecule has 0 aromatic rings. The van der Waals surface area contributed by atoms with Crippen molar-refractivity contribution in [1.82, 2.24) is 0 Å². The van der Waals surface area contributed by atoms with Gasteiger partial charge in [0.15, 0.2) is 0 Å². The summed E-state index contributed by atoms with van der Waals surface area (Å²) in [5.41, 5.74) is 10.3. The number of thioether (sulfide) groups is 1. The van der Waals surface area contributed by atoms with Crippen molar-refractivity contribution in [1.29, 1.82) is 0 Å². The van der Waals surface area contributed by atoms with Crippen molar-refractivity contribution in [2.45, 2.75) is 69.3 Å². The van der Waals surface area contributed by atoms with Crippen LogP contribution in [0.1, 0.15) is 59.3 Å². The monoisotopic (exact) mass is 426 g/mol. The molecule has 0 N–H and O–H groups in total. The fourth-order valence-electron chi connectivity index (χ4n) is 13.8. The smallest absolute Gasteiger partial charge is 0.0258 e. The molecule has 31 heavy (non-hydrogen) atoms. The highest BCUT2D eigenvalue weighted by Crippen LogP contribution is 3.16. The predicted molar refractivity (Wildman–Crippen MR) is 124 cm³/mol. The second-order valence-electron chi connectivity index (χ2n) is 14.8. The van der Waals surface area contributed by atoms with Crippen molar-refractivity contribution < 1.29 is 0 Å². The molecule has 8 saturated carbocycles. The van der Waals surface area contributed by atoms with Crippen molar-refractivity contribution >= 4 is 11.8 Å². The number of fused-ring (bicyclic) bond motifs is 9. The average molecular weight is 427 g/mol. The lowest BCUT2D eigenvalue weighted by atomic mass is 9.35. The molecule has 15 unspecified atom stereocenters. The van der Waals surface area contributed by atoms with E-state index in [4.69, 9.17) is 6.58 Å². The third-order valence-electron chi connectivity index (χ3n) is 14.9. The molecule has 11 aliphatic rings. The van der Waals surface area contributed by atoms with E-state index in [1.807, 2.05) is 5.57 Å². The summed E-state index contributed by atoms with van der Waals surface area (Å²) in [6, 6.07) is 0. The zero-order valence-corrected chi connectivity index (χ0v) is 20.0. The van der Waals surface area contributed by atoms with Crippen molar-refractivity contribution in [2.24, 2.45) is 74.9 Å². The summed E-state index contributed by atoms with van der Waals surface area (Å²) < 4.78 is 0.651. The van der Waals surface area contributed by atoms with Gasteiger partial charge >= 0.3 is 0 Å². The molecule has 15 atom stereocenters. The second kappa shape index (κ2) is 3.81. The van der Waals surface area contributed by atoms with Crippen molar-refractivity contribution in [2.75, 3.05) is 0 Å². The third kappa shape index (κ3) is 1.12.